The van der Waals surface area contributed by atoms with Crippen molar-refractivity contribution in [1.29, 1.82) is 0 Å². The summed E-state index contributed by atoms with van der Waals surface area (Å²) in [5.74, 6) is 0.280. The van der Waals surface area contributed by atoms with Crippen LogP contribution < -0.4 is 10.3 Å². The van der Waals surface area contributed by atoms with Crippen molar-refractivity contribution >= 4 is 44.2 Å². The Hall–Kier alpha value is -3.50. The zero-order valence-electron chi connectivity index (χ0n) is 17.8. The summed E-state index contributed by atoms with van der Waals surface area (Å²) < 4.78 is 26.5. The van der Waals surface area contributed by atoms with Gasteiger partial charge in [-0.15, -0.1) is 0 Å². The molecule has 0 atom stereocenters. The molecular weight excluding hydrogens is 460 g/mol. The molecular formula is C23H20N4O4S2. The number of nitrogens with one attached hydrogen (secondary N) is 1. The van der Waals surface area contributed by atoms with Crippen LogP contribution in [-0.2, 0) is 10.0 Å². The molecule has 0 fully saturated rings. The largest absolute Gasteiger partial charge is 0.293 e. The van der Waals surface area contributed by atoms with Crippen LogP contribution in [0.3, 0.4) is 0 Å². The normalized spacial score (nSPS) is 11.5. The van der Waals surface area contributed by atoms with Gasteiger partial charge in [-0.25, -0.2) is 23.0 Å². The van der Waals surface area contributed by atoms with Crippen molar-refractivity contribution in [2.45, 2.75) is 12.1 Å². The predicted octanol–water partition coefficient (Wildman–Crippen LogP) is 3.44. The molecule has 0 saturated heterocycles. The minimum Gasteiger partial charge on any atom is -0.293 e. The highest BCUT2D eigenvalue weighted by Crippen LogP contribution is 2.22. The molecule has 2 heterocycles. The maximum atomic E-state index is 13.2. The topological polar surface area (TPSA) is 111 Å². The standard InChI is InChI=1S/C23H20N4O4S2/c1-15-7-12-21(24-13-15)27-22(29)18-5-3-4-6-19(18)25-23(27)32-14-20(28)16-8-10-17(11-9-16)26-33(2,30)31/h3-13,26H,14H2,1-2H3. The summed E-state index contributed by atoms with van der Waals surface area (Å²) >= 11 is 1.14. The van der Waals surface area contributed by atoms with E-state index in [1.54, 1.807) is 48.7 Å². The summed E-state index contributed by atoms with van der Waals surface area (Å²) in [7, 11) is -3.40. The maximum Gasteiger partial charge on any atom is 0.267 e. The first-order valence-corrected chi connectivity index (χ1v) is 12.8. The van der Waals surface area contributed by atoms with Gasteiger partial charge in [-0.2, -0.15) is 0 Å². The van der Waals surface area contributed by atoms with Crippen LogP contribution in [-0.4, -0.2) is 40.7 Å². The summed E-state index contributed by atoms with van der Waals surface area (Å²) in [5.41, 5.74) is 2.03. The molecule has 0 saturated carbocycles. The number of hydrogen-bond donors (Lipinski definition) is 1. The number of carbonyl (C=O) groups excluding carboxylic acids is 1. The van der Waals surface area contributed by atoms with E-state index in [4.69, 9.17) is 0 Å². The average molecular weight is 481 g/mol. The number of fused-ring (bicyclic) bond motifs is 1. The number of para-hydroxylation sites is 1. The number of sulfonamides is 1. The lowest BCUT2D eigenvalue weighted by atomic mass is 10.1. The molecule has 2 aromatic heterocycles. The number of aromatic nitrogens is 3. The van der Waals surface area contributed by atoms with Gasteiger partial charge in [-0.05, 0) is 55.0 Å². The van der Waals surface area contributed by atoms with E-state index < -0.39 is 10.0 Å². The molecule has 8 nitrogen and oxygen atoms in total. The molecule has 0 unspecified atom stereocenters. The molecule has 0 aliphatic rings. The lowest BCUT2D eigenvalue weighted by molar-refractivity contribution is 0.102. The molecule has 4 rings (SSSR count). The molecule has 10 heteroatoms. The Kier molecular flexibility index (Phi) is 6.30. The van der Waals surface area contributed by atoms with Gasteiger partial charge < -0.3 is 0 Å². The van der Waals surface area contributed by atoms with Gasteiger partial charge in [0.2, 0.25) is 10.0 Å². The van der Waals surface area contributed by atoms with Gasteiger partial charge in [0.1, 0.15) is 5.82 Å². The highest BCUT2D eigenvalue weighted by Gasteiger charge is 2.16. The number of ketones is 1. The van der Waals surface area contributed by atoms with Crippen molar-refractivity contribution in [3.05, 3.63) is 88.3 Å². The van der Waals surface area contributed by atoms with Crippen molar-refractivity contribution in [3.63, 3.8) is 0 Å². The molecule has 33 heavy (non-hydrogen) atoms. The fourth-order valence-electron chi connectivity index (χ4n) is 3.16. The number of thioether (sulfide) groups is 1. The van der Waals surface area contributed by atoms with Crippen LogP contribution in [0, 0.1) is 6.92 Å². The minimum atomic E-state index is -3.40. The number of aryl methyl sites for hydroxylation is 1. The highest BCUT2D eigenvalue weighted by molar-refractivity contribution is 7.99. The summed E-state index contributed by atoms with van der Waals surface area (Å²) in [6, 6.07) is 16.8. The molecule has 2 aromatic carbocycles. The molecule has 4 aromatic rings. The van der Waals surface area contributed by atoms with Gasteiger partial charge in [0.25, 0.3) is 5.56 Å². The first kappa shape index (κ1) is 22.7. The fourth-order valence-corrected chi connectivity index (χ4v) is 4.61. The van der Waals surface area contributed by atoms with E-state index in [1.807, 2.05) is 13.0 Å². The Labute approximate surface area is 194 Å². The third kappa shape index (κ3) is 5.29. The van der Waals surface area contributed by atoms with E-state index in [0.717, 1.165) is 23.6 Å². The van der Waals surface area contributed by atoms with E-state index in [2.05, 4.69) is 14.7 Å². The lowest BCUT2D eigenvalue weighted by Crippen LogP contribution is -2.23. The Morgan fingerprint density at radius 2 is 1.79 bits per heavy atom. The van der Waals surface area contributed by atoms with Crippen molar-refractivity contribution in [1.82, 2.24) is 14.5 Å². The quantitative estimate of drug-likeness (QED) is 0.245. The Balaban J connectivity index is 1.64. The van der Waals surface area contributed by atoms with E-state index >= 15 is 0 Å². The first-order valence-electron chi connectivity index (χ1n) is 9.90. The van der Waals surface area contributed by atoms with Crippen LogP contribution in [0.4, 0.5) is 5.69 Å². The van der Waals surface area contributed by atoms with Crippen LogP contribution >= 0.6 is 11.8 Å². The van der Waals surface area contributed by atoms with Crippen LogP contribution in [0.2, 0.25) is 0 Å². The first-order chi connectivity index (χ1) is 15.7. The smallest absolute Gasteiger partial charge is 0.267 e. The summed E-state index contributed by atoms with van der Waals surface area (Å²) in [6.07, 6.45) is 2.73. The van der Waals surface area contributed by atoms with E-state index in [1.165, 1.54) is 16.7 Å². The zero-order valence-corrected chi connectivity index (χ0v) is 19.5. The van der Waals surface area contributed by atoms with E-state index in [-0.39, 0.29) is 17.1 Å². The molecule has 0 radical (unpaired) electrons. The van der Waals surface area contributed by atoms with Crippen LogP contribution in [0.25, 0.3) is 16.7 Å². The zero-order chi connectivity index (χ0) is 23.6. The number of benzene rings is 2. The number of anilines is 1. The highest BCUT2D eigenvalue weighted by atomic mass is 32.2. The van der Waals surface area contributed by atoms with Gasteiger partial charge in [0.05, 0.1) is 22.9 Å². The van der Waals surface area contributed by atoms with Gasteiger partial charge >= 0.3 is 0 Å². The van der Waals surface area contributed by atoms with E-state index in [9.17, 15) is 18.0 Å². The van der Waals surface area contributed by atoms with Crippen LogP contribution in [0.5, 0.6) is 0 Å². The number of nitrogens with zero attached hydrogens (tertiary/aromatic N) is 3. The molecule has 0 aliphatic heterocycles. The molecule has 168 valence electrons. The number of carbonyl (C=O) groups is 1. The monoisotopic (exact) mass is 480 g/mol. The Bertz CT molecular complexity index is 1500. The van der Waals surface area contributed by atoms with E-state index in [0.29, 0.717) is 33.1 Å². The summed E-state index contributed by atoms with van der Waals surface area (Å²) in [4.78, 5) is 35.0. The number of hydrogen-bond acceptors (Lipinski definition) is 7. The predicted molar refractivity (Wildman–Crippen MR) is 130 cm³/mol. The SMILES string of the molecule is Cc1ccc(-n2c(SCC(=O)c3ccc(NS(C)(=O)=O)cc3)nc3ccccc3c2=O)nc1. The van der Waals surface area contributed by atoms with Crippen molar-refractivity contribution in [3.8, 4) is 5.82 Å². The summed E-state index contributed by atoms with van der Waals surface area (Å²) in [6.45, 7) is 1.91. The molecule has 0 amide bonds. The number of Topliss-reactive ketones (excluding diaryl/α,β-unsaturated/α-hetero) is 1. The molecule has 0 spiro atoms. The second-order valence-corrected chi connectivity index (χ2v) is 10.1. The van der Waals surface area contributed by atoms with Gasteiger partial charge in [-0.1, -0.05) is 30.0 Å². The Morgan fingerprint density at radius 3 is 2.45 bits per heavy atom. The minimum absolute atomic E-state index is 0.0372. The van der Waals surface area contributed by atoms with Crippen LogP contribution in [0.1, 0.15) is 15.9 Å². The van der Waals surface area contributed by atoms with Gasteiger partial charge in [0.15, 0.2) is 10.9 Å². The second-order valence-electron chi connectivity index (χ2n) is 7.41. The lowest BCUT2D eigenvalue weighted by Gasteiger charge is -2.12. The van der Waals surface area contributed by atoms with Crippen molar-refractivity contribution in [2.75, 3.05) is 16.7 Å². The third-order valence-electron chi connectivity index (χ3n) is 4.71. The molecule has 0 aliphatic carbocycles. The van der Waals surface area contributed by atoms with Crippen molar-refractivity contribution < 1.29 is 13.2 Å². The number of pyridine rings is 1. The molecule has 0 bridgehead atoms. The fraction of sp³-hybridized carbons (Fsp3) is 0.130. The average Bonchev–Trinajstić information content (AvgIpc) is 2.78. The van der Waals surface area contributed by atoms with Crippen LogP contribution in [0.15, 0.2) is 76.8 Å². The molecule has 1 N–H and O–H groups in total. The van der Waals surface area contributed by atoms with Gasteiger partial charge in [-0.3, -0.25) is 14.3 Å². The van der Waals surface area contributed by atoms with Crippen molar-refractivity contribution in [2.24, 2.45) is 0 Å². The second kappa shape index (κ2) is 9.16. The maximum absolute atomic E-state index is 13.2. The van der Waals surface area contributed by atoms with Gasteiger partial charge in [0, 0.05) is 17.4 Å². The summed E-state index contributed by atoms with van der Waals surface area (Å²) in [5, 5.41) is 0.822. The Morgan fingerprint density at radius 1 is 1.06 bits per heavy atom. The third-order valence-corrected chi connectivity index (χ3v) is 6.26. The number of rotatable bonds is 7.